The number of carbonyl (C=O) groups is 2. The lowest BCUT2D eigenvalue weighted by Crippen LogP contribution is -2.35. The SMILES string of the molecule is O=C1C[C@@H](NC(=O)c2ccc(CSc3ncn[nH]3)o2)c2ccccc2N1. The van der Waals surface area contributed by atoms with Gasteiger partial charge in [-0.3, -0.25) is 14.7 Å². The van der Waals surface area contributed by atoms with Crippen molar-refractivity contribution in [3.8, 4) is 0 Å². The van der Waals surface area contributed by atoms with Gasteiger partial charge in [0.1, 0.15) is 12.1 Å². The van der Waals surface area contributed by atoms with Crippen molar-refractivity contribution in [2.75, 3.05) is 5.32 Å². The Bertz CT molecular complexity index is 938. The summed E-state index contributed by atoms with van der Waals surface area (Å²) in [5, 5.41) is 12.9. The molecule has 0 unspecified atom stereocenters. The first-order valence-electron chi connectivity index (χ1n) is 7.95. The molecule has 0 fully saturated rings. The maximum atomic E-state index is 12.5. The summed E-state index contributed by atoms with van der Waals surface area (Å²) in [6.45, 7) is 0. The van der Waals surface area contributed by atoms with Gasteiger partial charge < -0.3 is 15.1 Å². The Balaban J connectivity index is 1.43. The lowest BCUT2D eigenvalue weighted by molar-refractivity contribution is -0.116. The van der Waals surface area contributed by atoms with E-state index in [0.29, 0.717) is 16.7 Å². The van der Waals surface area contributed by atoms with Crippen LogP contribution in [0.1, 0.15) is 34.3 Å². The van der Waals surface area contributed by atoms with Crippen LogP contribution in [0.2, 0.25) is 0 Å². The first-order valence-corrected chi connectivity index (χ1v) is 8.94. The standard InChI is InChI=1S/C17H15N5O3S/c23-15-7-13(11-3-1-2-4-12(11)20-15)21-16(24)14-6-5-10(25-14)8-26-17-18-9-19-22-17/h1-6,9,13H,7-8H2,(H,20,23)(H,21,24)(H,18,19,22)/t13-/m1/s1. The van der Waals surface area contributed by atoms with Crippen LogP contribution in [-0.2, 0) is 10.5 Å². The van der Waals surface area contributed by atoms with Gasteiger partial charge in [-0.1, -0.05) is 30.0 Å². The van der Waals surface area contributed by atoms with Gasteiger partial charge in [-0.2, -0.15) is 5.10 Å². The Hall–Kier alpha value is -3.07. The molecule has 0 radical (unpaired) electrons. The average Bonchev–Trinajstić information content (AvgIpc) is 3.31. The molecule has 3 heterocycles. The number of nitrogens with zero attached hydrogens (tertiary/aromatic N) is 2. The summed E-state index contributed by atoms with van der Waals surface area (Å²) in [4.78, 5) is 28.4. The van der Waals surface area contributed by atoms with Crippen LogP contribution < -0.4 is 10.6 Å². The van der Waals surface area contributed by atoms with Crippen molar-refractivity contribution in [1.29, 1.82) is 0 Å². The zero-order chi connectivity index (χ0) is 17.9. The molecule has 2 aromatic heterocycles. The number of nitrogens with one attached hydrogen (secondary N) is 3. The number of benzene rings is 1. The van der Waals surface area contributed by atoms with Crippen LogP contribution in [0.5, 0.6) is 0 Å². The number of rotatable bonds is 5. The van der Waals surface area contributed by atoms with E-state index in [1.165, 1.54) is 18.1 Å². The zero-order valence-electron chi connectivity index (χ0n) is 13.6. The van der Waals surface area contributed by atoms with E-state index in [1.807, 2.05) is 24.3 Å². The van der Waals surface area contributed by atoms with Crippen LogP contribution in [0.4, 0.5) is 5.69 Å². The molecule has 0 aliphatic carbocycles. The first-order chi connectivity index (χ1) is 12.7. The van der Waals surface area contributed by atoms with Crippen molar-refractivity contribution in [2.45, 2.75) is 23.4 Å². The number of aromatic nitrogens is 3. The third-order valence-electron chi connectivity index (χ3n) is 3.93. The molecule has 1 atom stereocenters. The molecule has 9 heteroatoms. The normalized spacial score (nSPS) is 16.0. The van der Waals surface area contributed by atoms with Crippen LogP contribution in [0.3, 0.4) is 0 Å². The molecular weight excluding hydrogens is 354 g/mol. The number of anilines is 1. The van der Waals surface area contributed by atoms with Crippen LogP contribution in [0.15, 0.2) is 52.3 Å². The van der Waals surface area contributed by atoms with Gasteiger partial charge in [-0.25, -0.2) is 4.98 Å². The van der Waals surface area contributed by atoms with E-state index in [1.54, 1.807) is 12.1 Å². The van der Waals surface area contributed by atoms with Gasteiger partial charge >= 0.3 is 0 Å². The Morgan fingerprint density at radius 2 is 2.19 bits per heavy atom. The van der Waals surface area contributed by atoms with Crippen molar-refractivity contribution in [2.24, 2.45) is 0 Å². The van der Waals surface area contributed by atoms with E-state index in [0.717, 1.165) is 11.3 Å². The lowest BCUT2D eigenvalue weighted by atomic mass is 9.97. The molecule has 26 heavy (non-hydrogen) atoms. The highest BCUT2D eigenvalue weighted by molar-refractivity contribution is 7.98. The van der Waals surface area contributed by atoms with E-state index in [-0.39, 0.29) is 30.0 Å². The third kappa shape index (κ3) is 3.47. The zero-order valence-corrected chi connectivity index (χ0v) is 14.4. The van der Waals surface area contributed by atoms with Crippen LogP contribution in [-0.4, -0.2) is 27.0 Å². The quantitative estimate of drug-likeness (QED) is 0.596. The first kappa shape index (κ1) is 16.4. The number of para-hydroxylation sites is 1. The second-order valence-electron chi connectivity index (χ2n) is 5.71. The minimum Gasteiger partial charge on any atom is -0.455 e. The molecule has 8 nitrogen and oxygen atoms in total. The van der Waals surface area contributed by atoms with Crippen LogP contribution in [0, 0.1) is 0 Å². The number of amides is 2. The summed E-state index contributed by atoms with van der Waals surface area (Å²) < 4.78 is 5.60. The monoisotopic (exact) mass is 369 g/mol. The fourth-order valence-corrected chi connectivity index (χ4v) is 3.42. The molecule has 0 spiro atoms. The number of thioether (sulfide) groups is 1. The minimum absolute atomic E-state index is 0.127. The summed E-state index contributed by atoms with van der Waals surface area (Å²) in [5.41, 5.74) is 1.60. The molecule has 3 aromatic rings. The van der Waals surface area contributed by atoms with E-state index >= 15 is 0 Å². The number of carbonyl (C=O) groups excluding carboxylic acids is 2. The topological polar surface area (TPSA) is 113 Å². The van der Waals surface area contributed by atoms with Gasteiger partial charge in [-0.15, -0.1) is 0 Å². The van der Waals surface area contributed by atoms with E-state index in [2.05, 4.69) is 25.8 Å². The molecule has 0 bridgehead atoms. The van der Waals surface area contributed by atoms with Gasteiger partial charge in [0.15, 0.2) is 10.9 Å². The Morgan fingerprint density at radius 1 is 1.31 bits per heavy atom. The predicted octanol–water partition coefficient (Wildman–Crippen LogP) is 2.50. The molecule has 1 aromatic carbocycles. The molecule has 0 saturated carbocycles. The number of hydrogen-bond donors (Lipinski definition) is 3. The lowest BCUT2D eigenvalue weighted by Gasteiger charge is -2.25. The number of furan rings is 1. The maximum absolute atomic E-state index is 12.5. The summed E-state index contributed by atoms with van der Waals surface area (Å²) >= 11 is 1.42. The highest BCUT2D eigenvalue weighted by Gasteiger charge is 2.27. The van der Waals surface area contributed by atoms with Crippen LogP contribution in [0.25, 0.3) is 0 Å². The highest BCUT2D eigenvalue weighted by Crippen LogP contribution is 2.30. The number of fused-ring (bicyclic) bond motifs is 1. The Labute approximate surface area is 152 Å². The second kappa shape index (κ2) is 7.04. The third-order valence-corrected chi connectivity index (χ3v) is 4.83. The molecule has 3 N–H and O–H groups in total. The van der Waals surface area contributed by atoms with Gasteiger partial charge in [0.2, 0.25) is 5.91 Å². The molecule has 0 saturated heterocycles. The van der Waals surface area contributed by atoms with Gasteiger partial charge in [-0.05, 0) is 23.8 Å². The fourth-order valence-electron chi connectivity index (χ4n) is 2.75. The van der Waals surface area contributed by atoms with E-state index in [9.17, 15) is 9.59 Å². The summed E-state index contributed by atoms with van der Waals surface area (Å²) in [6.07, 6.45) is 1.62. The van der Waals surface area contributed by atoms with Crippen molar-refractivity contribution in [3.63, 3.8) is 0 Å². The minimum atomic E-state index is -0.385. The second-order valence-corrected chi connectivity index (χ2v) is 6.67. The molecule has 1 aliphatic rings. The van der Waals surface area contributed by atoms with E-state index < -0.39 is 0 Å². The average molecular weight is 369 g/mol. The Kier molecular flexibility index (Phi) is 4.44. The van der Waals surface area contributed by atoms with E-state index in [4.69, 9.17) is 4.42 Å². The van der Waals surface area contributed by atoms with Gasteiger partial charge in [0, 0.05) is 5.69 Å². The number of hydrogen-bond acceptors (Lipinski definition) is 6. The highest BCUT2D eigenvalue weighted by atomic mass is 32.2. The van der Waals surface area contributed by atoms with Crippen molar-refractivity contribution >= 4 is 29.3 Å². The number of H-pyrrole nitrogens is 1. The summed E-state index contributed by atoms with van der Waals surface area (Å²) in [5.74, 6) is 0.907. The van der Waals surface area contributed by atoms with Crippen molar-refractivity contribution < 1.29 is 14.0 Å². The fraction of sp³-hybridized carbons (Fsp3) is 0.176. The smallest absolute Gasteiger partial charge is 0.287 e. The molecular formula is C17H15N5O3S. The Morgan fingerprint density at radius 3 is 3.04 bits per heavy atom. The summed E-state index contributed by atoms with van der Waals surface area (Å²) in [6, 6.07) is 10.4. The number of aromatic amines is 1. The molecule has 2 amide bonds. The molecule has 132 valence electrons. The maximum Gasteiger partial charge on any atom is 0.287 e. The van der Waals surface area contributed by atoms with Crippen molar-refractivity contribution in [1.82, 2.24) is 20.5 Å². The molecule has 1 aliphatic heterocycles. The van der Waals surface area contributed by atoms with Gasteiger partial charge in [0.05, 0.1) is 18.2 Å². The molecule has 4 rings (SSSR count). The van der Waals surface area contributed by atoms with Crippen LogP contribution >= 0.6 is 11.8 Å². The largest absolute Gasteiger partial charge is 0.455 e. The summed E-state index contributed by atoms with van der Waals surface area (Å²) in [7, 11) is 0. The van der Waals surface area contributed by atoms with Crippen molar-refractivity contribution in [3.05, 3.63) is 59.8 Å². The van der Waals surface area contributed by atoms with Gasteiger partial charge in [0.25, 0.3) is 5.91 Å². The predicted molar refractivity (Wildman–Crippen MR) is 94.5 cm³/mol.